The van der Waals surface area contributed by atoms with Gasteiger partial charge in [0.25, 0.3) is 0 Å². The van der Waals surface area contributed by atoms with Gasteiger partial charge in [-0.25, -0.2) is 4.39 Å². The average Bonchev–Trinajstić information content (AvgIpc) is 2.26. The van der Waals surface area contributed by atoms with Crippen LogP contribution in [0.4, 0.5) is 4.39 Å². The Hall–Kier alpha value is 0.700. The van der Waals surface area contributed by atoms with Crippen LogP contribution in [-0.4, -0.2) is 9.93 Å². The third-order valence-electron chi connectivity index (χ3n) is 3.10. The highest BCUT2D eigenvalue weighted by atomic mass is 79.9. The molecular weight excluding hydrogens is 230 g/mol. The maximum Gasteiger partial charge on any atom is 0.193 e. The molecule has 2 rings (SSSR count). The summed E-state index contributed by atoms with van der Waals surface area (Å²) in [4.78, 5) is -0.837. The smallest absolute Gasteiger partial charge is 0.193 e. The number of alkyl halides is 3. The van der Waals surface area contributed by atoms with Gasteiger partial charge in [-0.3, -0.25) is 0 Å². The fourth-order valence-corrected chi connectivity index (χ4v) is 3.96. The van der Waals surface area contributed by atoms with E-state index in [9.17, 15) is 4.39 Å². The van der Waals surface area contributed by atoms with Crippen molar-refractivity contribution in [1.29, 1.82) is 0 Å². The van der Waals surface area contributed by atoms with Gasteiger partial charge in [0.05, 0.1) is 0 Å². The zero-order valence-corrected chi connectivity index (χ0v) is 8.67. The Balaban J connectivity index is 2.31. The van der Waals surface area contributed by atoms with Gasteiger partial charge >= 0.3 is 0 Å². The van der Waals surface area contributed by atoms with Gasteiger partial charge in [-0.05, 0) is 12.8 Å². The molecule has 0 aromatic carbocycles. The van der Waals surface area contributed by atoms with Crippen molar-refractivity contribution in [2.75, 3.05) is 0 Å². The van der Waals surface area contributed by atoms with Gasteiger partial charge in [0.1, 0.15) is 0 Å². The number of fused-ring (bicyclic) bond motifs is 1. The predicted octanol–water partition coefficient (Wildman–Crippen LogP) is 3.47. The lowest BCUT2D eigenvalue weighted by molar-refractivity contribution is 0.313. The molecule has 0 heterocycles. The largest absolute Gasteiger partial charge is 0.225 e. The molecule has 11 heavy (non-hydrogen) atoms. The van der Waals surface area contributed by atoms with Crippen molar-refractivity contribution in [1.82, 2.24) is 0 Å². The molecule has 0 nitrogen and oxygen atoms in total. The number of rotatable bonds is 0. The van der Waals surface area contributed by atoms with E-state index in [1.807, 2.05) is 6.92 Å². The van der Waals surface area contributed by atoms with Crippen LogP contribution >= 0.6 is 27.5 Å². The minimum absolute atomic E-state index is 0.340. The van der Waals surface area contributed by atoms with Crippen molar-refractivity contribution >= 4 is 27.5 Å². The molecule has 2 aliphatic carbocycles. The highest BCUT2D eigenvalue weighted by molar-refractivity contribution is 9.09. The van der Waals surface area contributed by atoms with E-state index in [2.05, 4.69) is 15.9 Å². The summed E-state index contributed by atoms with van der Waals surface area (Å²) in [6.45, 7) is 1.84. The minimum Gasteiger partial charge on any atom is -0.225 e. The first-order valence-corrected chi connectivity index (χ1v) is 5.06. The summed E-state index contributed by atoms with van der Waals surface area (Å²) < 4.78 is 21.5. The summed E-state index contributed by atoms with van der Waals surface area (Å²) in [5.41, 5.74) is -0.460. The highest BCUT2D eigenvalue weighted by Gasteiger charge is 2.77. The van der Waals surface area contributed by atoms with E-state index in [0.29, 0.717) is 6.42 Å². The molecule has 2 fully saturated rings. The summed E-state index contributed by atoms with van der Waals surface area (Å²) in [6.07, 6.45) is 2.40. The molecule has 0 aromatic rings. The molecule has 0 saturated heterocycles. The minimum atomic E-state index is -1.64. The van der Waals surface area contributed by atoms with Gasteiger partial charge in [0, 0.05) is 17.5 Å². The van der Waals surface area contributed by atoms with E-state index in [0.717, 1.165) is 12.8 Å². The van der Waals surface area contributed by atoms with Crippen LogP contribution in [0.25, 0.3) is 0 Å². The lowest BCUT2D eigenvalue weighted by atomic mass is 9.90. The van der Waals surface area contributed by atoms with Crippen LogP contribution in [0.15, 0.2) is 0 Å². The molecule has 0 aromatic heterocycles. The molecule has 1 unspecified atom stereocenters. The predicted molar refractivity (Wildman–Crippen MR) is 47.9 cm³/mol. The van der Waals surface area contributed by atoms with E-state index in [1.54, 1.807) is 0 Å². The maximum atomic E-state index is 13.7. The van der Waals surface area contributed by atoms with Crippen LogP contribution in [0.2, 0.25) is 0 Å². The molecule has 4 atom stereocenters. The Morgan fingerprint density at radius 2 is 2.45 bits per heavy atom. The molecule has 0 radical (unpaired) electrons. The summed E-state index contributed by atoms with van der Waals surface area (Å²) in [5.74, 6) is -0.340. The zero-order chi connectivity index (χ0) is 9.20. The monoisotopic (exact) mass is 241 g/mol. The van der Waals surface area contributed by atoms with Crippen LogP contribution < -0.4 is 0 Å². The first kappa shape index (κ1) is 7.14. The van der Waals surface area contributed by atoms with Crippen LogP contribution in [0, 0.1) is 11.3 Å². The van der Waals surface area contributed by atoms with Gasteiger partial charge in [-0.15, -0.1) is 0 Å². The molecule has 0 spiro atoms. The third kappa shape index (κ3) is 0.859. The quantitative estimate of drug-likeness (QED) is 0.571. The zero-order valence-electron chi connectivity index (χ0n) is 7.33. The van der Waals surface area contributed by atoms with Crippen molar-refractivity contribution in [3.05, 3.63) is 0 Å². The Morgan fingerprint density at radius 1 is 1.82 bits per heavy atom. The number of hydrogen-bond donors (Lipinski definition) is 0. The summed E-state index contributed by atoms with van der Waals surface area (Å²) >= 11 is 8.98. The molecule has 2 saturated carbocycles. The normalized spacial score (nSPS) is 70.2. The first-order chi connectivity index (χ1) is 5.32. The van der Waals surface area contributed by atoms with Gasteiger partial charge < -0.3 is 0 Å². The van der Waals surface area contributed by atoms with Crippen molar-refractivity contribution < 1.29 is 5.76 Å². The van der Waals surface area contributed by atoms with E-state index in [4.69, 9.17) is 13.0 Å². The molecule has 0 aliphatic heterocycles. The SMILES string of the molecule is [2H][C@@]1(Br)CCC[C@@]2(C)C1[C@@]2(F)Cl. The van der Waals surface area contributed by atoms with E-state index in [1.165, 1.54) is 0 Å². The fourth-order valence-electron chi connectivity index (χ4n) is 2.21. The standard InChI is InChI=1S/C8H11BrClF/c1-7-4-2-3-5(9)6(7)8(7,10)11/h5-6H,2-4H2,1H3/t5-,6?,7+,8+/m1/s1/i5D. The Bertz CT molecular complexity index is 223. The van der Waals surface area contributed by atoms with Crippen molar-refractivity contribution in [3.8, 4) is 0 Å². The topological polar surface area (TPSA) is 0 Å². The molecule has 3 heteroatoms. The van der Waals surface area contributed by atoms with Crippen molar-refractivity contribution in [2.45, 2.75) is 36.1 Å². The fraction of sp³-hybridized carbons (Fsp3) is 1.00. The average molecular weight is 243 g/mol. The first-order valence-electron chi connectivity index (χ1n) is 4.39. The third-order valence-corrected chi connectivity index (χ3v) is 4.61. The molecule has 64 valence electrons. The van der Waals surface area contributed by atoms with Gasteiger partial charge in [0.15, 0.2) is 5.13 Å². The Labute approximate surface area is 81.0 Å². The van der Waals surface area contributed by atoms with Crippen molar-refractivity contribution in [3.63, 3.8) is 0 Å². The van der Waals surface area contributed by atoms with Crippen LogP contribution in [-0.2, 0) is 0 Å². The highest BCUT2D eigenvalue weighted by Crippen LogP contribution is 2.74. The van der Waals surface area contributed by atoms with Crippen LogP contribution in [0.5, 0.6) is 0 Å². The van der Waals surface area contributed by atoms with Gasteiger partial charge in [-0.1, -0.05) is 40.9 Å². The second-order valence-electron chi connectivity index (χ2n) is 3.77. The van der Waals surface area contributed by atoms with Crippen molar-refractivity contribution in [2.24, 2.45) is 11.3 Å². The lowest BCUT2D eigenvalue weighted by Crippen LogP contribution is -2.14. The molecule has 2 aliphatic rings. The van der Waals surface area contributed by atoms with E-state index >= 15 is 0 Å². The summed E-state index contributed by atoms with van der Waals surface area (Å²) in [6, 6.07) is 0. The number of halogens is 3. The lowest BCUT2D eigenvalue weighted by Gasteiger charge is -2.19. The van der Waals surface area contributed by atoms with Gasteiger partial charge in [0.2, 0.25) is 0 Å². The van der Waals surface area contributed by atoms with Crippen LogP contribution in [0.3, 0.4) is 0 Å². The molecule has 0 amide bonds. The number of hydrogen-bond acceptors (Lipinski definition) is 0. The summed E-state index contributed by atoms with van der Waals surface area (Å²) in [7, 11) is 0. The Morgan fingerprint density at radius 3 is 2.91 bits per heavy atom. The van der Waals surface area contributed by atoms with E-state index in [-0.39, 0.29) is 5.92 Å². The van der Waals surface area contributed by atoms with Crippen LogP contribution in [0.1, 0.15) is 27.6 Å². The summed E-state index contributed by atoms with van der Waals surface area (Å²) in [5, 5.41) is -1.64. The van der Waals surface area contributed by atoms with Gasteiger partial charge in [-0.2, -0.15) is 0 Å². The second-order valence-corrected chi connectivity index (χ2v) is 5.34. The molecule has 0 N–H and O–H groups in total. The maximum absolute atomic E-state index is 13.7. The Kier molecular flexibility index (Phi) is 1.39. The molecule has 0 bridgehead atoms. The molecular formula is C8H11BrClF. The van der Waals surface area contributed by atoms with E-state index < -0.39 is 15.3 Å². The second kappa shape index (κ2) is 2.14.